The van der Waals surface area contributed by atoms with E-state index in [1.54, 1.807) is 6.07 Å². The molecule has 0 fully saturated rings. The first-order valence-corrected chi connectivity index (χ1v) is 4.69. The minimum atomic E-state index is 0.654. The van der Waals surface area contributed by atoms with Gasteiger partial charge in [-0.15, -0.1) is 0 Å². The van der Waals surface area contributed by atoms with Crippen LogP contribution < -0.4 is 0 Å². The number of benzene rings is 1. The molecule has 1 nitrogen and oxygen atoms in total. The summed E-state index contributed by atoms with van der Waals surface area (Å²) in [4.78, 5) is 10.4. The zero-order valence-corrected chi connectivity index (χ0v) is 8.21. The van der Waals surface area contributed by atoms with E-state index in [1.165, 1.54) is 12.0 Å². The van der Waals surface area contributed by atoms with Crippen molar-refractivity contribution in [1.82, 2.24) is 0 Å². The van der Waals surface area contributed by atoms with Crippen molar-refractivity contribution in [2.45, 2.75) is 26.7 Å². The number of carbonyl (C=O) groups excluding carboxylic acids is 1. The lowest BCUT2D eigenvalue weighted by molar-refractivity contribution is 0.562. The van der Waals surface area contributed by atoms with Crippen LogP contribution in [0.3, 0.4) is 0 Å². The summed E-state index contributed by atoms with van der Waals surface area (Å²) in [5.74, 6) is 0.712. The van der Waals surface area contributed by atoms with E-state index in [2.05, 4.69) is 19.9 Å². The average Bonchev–Trinajstić information content (AvgIpc) is 2.15. The second-order valence-electron chi connectivity index (χ2n) is 3.73. The van der Waals surface area contributed by atoms with Crippen LogP contribution in [0.25, 0.3) is 0 Å². The third kappa shape index (κ3) is 3.41. The van der Waals surface area contributed by atoms with Crippen LogP contribution in [0.15, 0.2) is 24.3 Å². The van der Waals surface area contributed by atoms with Crippen molar-refractivity contribution in [2.24, 2.45) is 5.92 Å². The minimum absolute atomic E-state index is 0.654. The van der Waals surface area contributed by atoms with Gasteiger partial charge in [-0.25, -0.2) is 0 Å². The van der Waals surface area contributed by atoms with Crippen LogP contribution in [-0.4, -0.2) is 6.29 Å². The van der Waals surface area contributed by atoms with Crippen molar-refractivity contribution in [1.29, 1.82) is 0 Å². The largest absolute Gasteiger partial charge is 0.285 e. The van der Waals surface area contributed by atoms with Gasteiger partial charge in [0.2, 0.25) is 6.29 Å². The van der Waals surface area contributed by atoms with E-state index in [-0.39, 0.29) is 0 Å². The van der Waals surface area contributed by atoms with E-state index in [1.807, 2.05) is 18.4 Å². The molecular weight excluding hydrogens is 160 g/mol. The first-order chi connectivity index (χ1) is 6.22. The molecule has 0 aliphatic rings. The van der Waals surface area contributed by atoms with E-state index in [0.29, 0.717) is 11.5 Å². The maximum atomic E-state index is 10.4. The first-order valence-electron chi connectivity index (χ1n) is 4.69. The third-order valence-electron chi connectivity index (χ3n) is 2.06. The van der Waals surface area contributed by atoms with Gasteiger partial charge < -0.3 is 0 Å². The fraction of sp³-hybridized carbons (Fsp3) is 0.417. The molecular formula is C12H15O. The van der Waals surface area contributed by atoms with Gasteiger partial charge in [0.05, 0.1) is 0 Å². The van der Waals surface area contributed by atoms with Crippen LogP contribution >= 0.6 is 0 Å². The van der Waals surface area contributed by atoms with Gasteiger partial charge in [0.25, 0.3) is 0 Å². The Bertz CT molecular complexity index is 276. The quantitative estimate of drug-likeness (QED) is 0.687. The van der Waals surface area contributed by atoms with Crippen LogP contribution in [0.4, 0.5) is 0 Å². The molecule has 0 unspecified atom stereocenters. The lowest BCUT2D eigenvalue weighted by Crippen LogP contribution is -1.93. The zero-order valence-electron chi connectivity index (χ0n) is 8.21. The molecule has 1 rings (SSSR count). The van der Waals surface area contributed by atoms with Crippen LogP contribution in [-0.2, 0) is 11.2 Å². The summed E-state index contributed by atoms with van der Waals surface area (Å²) in [7, 11) is 0. The third-order valence-corrected chi connectivity index (χ3v) is 2.06. The maximum Gasteiger partial charge on any atom is 0.233 e. The lowest BCUT2D eigenvalue weighted by atomic mass is 10.0. The van der Waals surface area contributed by atoms with Crippen molar-refractivity contribution in [2.75, 3.05) is 0 Å². The summed E-state index contributed by atoms with van der Waals surface area (Å²) in [6, 6.07) is 7.67. The number of aryl methyl sites for hydroxylation is 1. The van der Waals surface area contributed by atoms with Crippen LogP contribution in [0.1, 0.15) is 31.4 Å². The molecule has 0 spiro atoms. The lowest BCUT2D eigenvalue weighted by Gasteiger charge is -2.04. The molecule has 0 aliphatic heterocycles. The molecule has 0 aromatic heterocycles. The van der Waals surface area contributed by atoms with Gasteiger partial charge in [0.1, 0.15) is 0 Å². The van der Waals surface area contributed by atoms with Crippen molar-refractivity contribution in [3.63, 3.8) is 0 Å². The van der Waals surface area contributed by atoms with E-state index in [4.69, 9.17) is 0 Å². The average molecular weight is 175 g/mol. The number of hydrogen-bond acceptors (Lipinski definition) is 1. The molecule has 13 heavy (non-hydrogen) atoms. The normalized spacial score (nSPS) is 10.4. The Hall–Kier alpha value is -1.11. The molecule has 0 bridgehead atoms. The fourth-order valence-electron chi connectivity index (χ4n) is 1.25. The molecule has 1 heteroatoms. The molecule has 0 saturated carbocycles. The molecule has 1 aromatic rings. The monoisotopic (exact) mass is 175 g/mol. The maximum absolute atomic E-state index is 10.4. The SMILES string of the molecule is CC(C)CCc1cccc([C]=O)c1. The molecule has 0 saturated heterocycles. The summed E-state index contributed by atoms with van der Waals surface area (Å²) in [5, 5.41) is 0. The van der Waals surface area contributed by atoms with Gasteiger partial charge in [0.15, 0.2) is 0 Å². The first kappa shape index (κ1) is 9.97. The number of rotatable bonds is 4. The van der Waals surface area contributed by atoms with Crippen molar-refractivity contribution in [3.8, 4) is 0 Å². The van der Waals surface area contributed by atoms with E-state index < -0.39 is 0 Å². The van der Waals surface area contributed by atoms with Crippen LogP contribution in [0.5, 0.6) is 0 Å². The molecule has 1 radical (unpaired) electrons. The van der Waals surface area contributed by atoms with Gasteiger partial charge in [-0.2, -0.15) is 0 Å². The van der Waals surface area contributed by atoms with Crippen molar-refractivity contribution < 1.29 is 4.79 Å². The highest BCUT2D eigenvalue weighted by molar-refractivity contribution is 5.75. The second kappa shape index (κ2) is 4.80. The fourth-order valence-corrected chi connectivity index (χ4v) is 1.25. The molecule has 0 amide bonds. The molecule has 0 aliphatic carbocycles. The predicted octanol–water partition coefficient (Wildman–Crippen LogP) is 2.73. The van der Waals surface area contributed by atoms with E-state index in [9.17, 15) is 4.79 Å². The van der Waals surface area contributed by atoms with E-state index >= 15 is 0 Å². The van der Waals surface area contributed by atoms with Crippen LogP contribution in [0.2, 0.25) is 0 Å². The van der Waals surface area contributed by atoms with Crippen molar-refractivity contribution in [3.05, 3.63) is 35.4 Å². The zero-order chi connectivity index (χ0) is 9.68. The van der Waals surface area contributed by atoms with Crippen molar-refractivity contribution >= 4 is 6.29 Å². The van der Waals surface area contributed by atoms with Gasteiger partial charge in [0, 0.05) is 5.56 Å². The summed E-state index contributed by atoms with van der Waals surface area (Å²) in [6.07, 6.45) is 4.12. The van der Waals surface area contributed by atoms with Gasteiger partial charge in [-0.05, 0) is 30.4 Å². The Balaban J connectivity index is 2.61. The van der Waals surface area contributed by atoms with Gasteiger partial charge in [-0.3, -0.25) is 4.79 Å². The van der Waals surface area contributed by atoms with Gasteiger partial charge in [-0.1, -0.05) is 32.0 Å². The Morgan fingerprint density at radius 3 is 2.77 bits per heavy atom. The molecule has 0 N–H and O–H groups in total. The Labute approximate surface area is 79.8 Å². The highest BCUT2D eigenvalue weighted by Crippen LogP contribution is 2.09. The Morgan fingerprint density at radius 1 is 1.38 bits per heavy atom. The summed E-state index contributed by atoms with van der Waals surface area (Å²) in [5.41, 5.74) is 1.89. The van der Waals surface area contributed by atoms with E-state index in [0.717, 1.165) is 6.42 Å². The summed E-state index contributed by atoms with van der Waals surface area (Å²) < 4.78 is 0. The highest BCUT2D eigenvalue weighted by Gasteiger charge is 1.98. The highest BCUT2D eigenvalue weighted by atomic mass is 16.1. The summed E-state index contributed by atoms with van der Waals surface area (Å²) in [6.45, 7) is 4.41. The molecule has 0 atom stereocenters. The predicted molar refractivity (Wildman–Crippen MR) is 54.4 cm³/mol. The molecule has 0 heterocycles. The Morgan fingerprint density at radius 2 is 2.15 bits per heavy atom. The second-order valence-corrected chi connectivity index (χ2v) is 3.73. The Kier molecular flexibility index (Phi) is 3.69. The summed E-state index contributed by atoms with van der Waals surface area (Å²) >= 11 is 0. The van der Waals surface area contributed by atoms with Gasteiger partial charge >= 0.3 is 0 Å². The van der Waals surface area contributed by atoms with Crippen LogP contribution in [0, 0.1) is 5.92 Å². The number of hydrogen-bond donors (Lipinski definition) is 0. The molecule has 69 valence electrons. The molecule has 1 aromatic carbocycles. The minimum Gasteiger partial charge on any atom is -0.285 e. The standard InChI is InChI=1S/C12H15O/c1-10(2)6-7-11-4-3-5-12(8-11)9-13/h3-5,8,10H,6-7H2,1-2H3. The topological polar surface area (TPSA) is 17.1 Å². The smallest absolute Gasteiger partial charge is 0.233 e.